The van der Waals surface area contributed by atoms with E-state index >= 15 is 0 Å². The molecule has 1 saturated carbocycles. The molecule has 1 aliphatic carbocycles. The number of alkyl halides is 6. The van der Waals surface area contributed by atoms with Crippen molar-refractivity contribution in [2.24, 2.45) is 0 Å². The Kier molecular flexibility index (Phi) is 8.78. The molecule has 0 saturated heterocycles. The predicted molar refractivity (Wildman–Crippen MR) is 132 cm³/mol. The van der Waals surface area contributed by atoms with Crippen LogP contribution in [0.15, 0.2) is 54.9 Å². The Labute approximate surface area is 212 Å². The molecule has 1 fully saturated rings. The minimum Gasteiger partial charge on any atom is -0.369 e. The third-order valence-corrected chi connectivity index (χ3v) is 6.34. The Balaban J connectivity index is 1.53. The summed E-state index contributed by atoms with van der Waals surface area (Å²) in [7, 11) is 3.58. The van der Waals surface area contributed by atoms with Crippen LogP contribution < -0.4 is 16.0 Å². The van der Waals surface area contributed by atoms with Crippen molar-refractivity contribution in [3.05, 3.63) is 77.1 Å². The van der Waals surface area contributed by atoms with Gasteiger partial charge in [0.15, 0.2) is 0 Å². The highest BCUT2D eigenvalue weighted by Crippen LogP contribution is 2.37. The normalized spacial score (nSPS) is 18.3. The monoisotopic (exact) mass is 527 g/mol. The van der Waals surface area contributed by atoms with Crippen molar-refractivity contribution in [1.29, 1.82) is 5.41 Å². The number of rotatable bonds is 8. The topological polar surface area (TPSA) is 63.2 Å². The van der Waals surface area contributed by atoms with E-state index < -0.39 is 23.5 Å². The zero-order chi connectivity index (χ0) is 27.4. The second-order valence-electron chi connectivity index (χ2n) is 9.33. The van der Waals surface area contributed by atoms with Gasteiger partial charge in [0.1, 0.15) is 5.84 Å². The minimum absolute atomic E-state index is 0.0519. The Morgan fingerprint density at radius 3 is 2.16 bits per heavy atom. The summed E-state index contributed by atoms with van der Waals surface area (Å²) < 4.78 is 78.8. The molecule has 5 nitrogen and oxygen atoms in total. The fourth-order valence-corrected chi connectivity index (χ4v) is 4.35. The van der Waals surface area contributed by atoms with Gasteiger partial charge < -0.3 is 20.9 Å². The number of halogens is 6. The van der Waals surface area contributed by atoms with Crippen molar-refractivity contribution < 1.29 is 26.3 Å². The summed E-state index contributed by atoms with van der Waals surface area (Å²) >= 11 is 0. The first-order valence-electron chi connectivity index (χ1n) is 11.8. The molecule has 0 spiro atoms. The Hall–Kier alpha value is -3.21. The predicted octanol–water partition coefficient (Wildman–Crippen LogP) is 6.18. The molecule has 2 aromatic rings. The van der Waals surface area contributed by atoms with Gasteiger partial charge in [0.05, 0.1) is 22.6 Å². The second kappa shape index (κ2) is 11.5. The first kappa shape index (κ1) is 28.4. The lowest BCUT2D eigenvalue weighted by molar-refractivity contribution is -0.143. The van der Waals surface area contributed by atoms with Gasteiger partial charge in [0, 0.05) is 38.3 Å². The van der Waals surface area contributed by atoms with E-state index in [2.05, 4.69) is 22.5 Å². The average Bonchev–Trinajstić information content (AvgIpc) is 2.82. The van der Waals surface area contributed by atoms with Gasteiger partial charge in [-0.15, -0.1) is 0 Å². The highest BCUT2D eigenvalue weighted by molar-refractivity contribution is 6.01. The fraction of sp³-hybridized carbons (Fsp3) is 0.423. The molecule has 37 heavy (non-hydrogen) atoms. The van der Waals surface area contributed by atoms with Crippen LogP contribution in [0.1, 0.15) is 47.9 Å². The standard InChI is InChI=1S/C26H31F6N5/c1-16(36-23-7-5-4-6-21(23)24(33)37(2)3)35-20-12-10-19(11-13-20)34-15-17-8-9-18(25(27,28)29)14-22(17)26(30,31)32/h4-9,14,19-20,33-36H,1,10-13,15H2,2-3H3. The first-order chi connectivity index (χ1) is 17.3. The maximum atomic E-state index is 13.4. The molecule has 0 aliphatic heterocycles. The summed E-state index contributed by atoms with van der Waals surface area (Å²) in [6.45, 7) is 3.86. The molecule has 2 aromatic carbocycles. The highest BCUT2D eigenvalue weighted by Gasteiger charge is 2.38. The smallest absolute Gasteiger partial charge is 0.369 e. The summed E-state index contributed by atoms with van der Waals surface area (Å²) in [4.78, 5) is 1.70. The van der Waals surface area contributed by atoms with E-state index in [1.54, 1.807) is 19.0 Å². The summed E-state index contributed by atoms with van der Waals surface area (Å²) in [5.74, 6) is 0.930. The van der Waals surface area contributed by atoms with Crippen LogP contribution in [-0.4, -0.2) is 36.9 Å². The molecule has 0 amide bonds. The van der Waals surface area contributed by atoms with Crippen molar-refractivity contribution >= 4 is 11.5 Å². The maximum absolute atomic E-state index is 13.4. The molecule has 0 heterocycles. The van der Waals surface area contributed by atoms with E-state index in [0.29, 0.717) is 30.6 Å². The molecule has 202 valence electrons. The zero-order valence-corrected chi connectivity index (χ0v) is 20.7. The summed E-state index contributed by atoms with van der Waals surface area (Å²) in [5.41, 5.74) is -1.32. The number of anilines is 1. The second-order valence-corrected chi connectivity index (χ2v) is 9.33. The van der Waals surface area contributed by atoms with Gasteiger partial charge in [-0.2, -0.15) is 26.3 Å². The van der Waals surface area contributed by atoms with Crippen molar-refractivity contribution in [1.82, 2.24) is 15.5 Å². The van der Waals surface area contributed by atoms with E-state index in [1.807, 2.05) is 24.3 Å². The average molecular weight is 528 g/mol. The Bertz CT molecular complexity index is 1100. The number of benzene rings is 2. The number of hydrogen-bond acceptors (Lipinski definition) is 4. The number of nitrogens with zero attached hydrogens (tertiary/aromatic N) is 1. The highest BCUT2D eigenvalue weighted by atomic mass is 19.4. The van der Waals surface area contributed by atoms with Gasteiger partial charge in [-0.3, -0.25) is 5.41 Å². The number of para-hydroxylation sites is 1. The fourth-order valence-electron chi connectivity index (χ4n) is 4.35. The third kappa shape index (κ3) is 7.64. The van der Waals surface area contributed by atoms with Gasteiger partial charge in [-0.1, -0.05) is 24.8 Å². The van der Waals surface area contributed by atoms with E-state index in [4.69, 9.17) is 5.41 Å². The lowest BCUT2D eigenvalue weighted by Crippen LogP contribution is -2.40. The molecular formula is C26H31F6N5. The van der Waals surface area contributed by atoms with Crippen LogP contribution in [-0.2, 0) is 18.9 Å². The van der Waals surface area contributed by atoms with Gasteiger partial charge in [-0.25, -0.2) is 0 Å². The van der Waals surface area contributed by atoms with Gasteiger partial charge in [0.2, 0.25) is 0 Å². The zero-order valence-electron chi connectivity index (χ0n) is 20.7. The van der Waals surface area contributed by atoms with Crippen molar-refractivity contribution in [2.45, 2.75) is 56.7 Å². The van der Waals surface area contributed by atoms with Crippen molar-refractivity contribution in [2.75, 3.05) is 19.4 Å². The minimum atomic E-state index is -4.88. The van der Waals surface area contributed by atoms with Crippen LogP contribution in [0.4, 0.5) is 32.0 Å². The van der Waals surface area contributed by atoms with Gasteiger partial charge in [0.25, 0.3) is 0 Å². The maximum Gasteiger partial charge on any atom is 0.416 e. The van der Waals surface area contributed by atoms with E-state index in [9.17, 15) is 26.3 Å². The van der Waals surface area contributed by atoms with Crippen molar-refractivity contribution in [3.8, 4) is 0 Å². The molecule has 0 bridgehead atoms. The molecule has 3 rings (SSSR count). The largest absolute Gasteiger partial charge is 0.416 e. The number of nitrogens with one attached hydrogen (secondary N) is 4. The lowest BCUT2D eigenvalue weighted by atomic mass is 9.91. The molecule has 11 heteroatoms. The molecule has 0 aromatic heterocycles. The van der Waals surface area contributed by atoms with Crippen LogP contribution in [0.25, 0.3) is 0 Å². The van der Waals surface area contributed by atoms with Crippen molar-refractivity contribution in [3.63, 3.8) is 0 Å². The Morgan fingerprint density at radius 1 is 0.946 bits per heavy atom. The first-order valence-corrected chi connectivity index (χ1v) is 11.8. The third-order valence-electron chi connectivity index (χ3n) is 6.34. The molecule has 1 aliphatic rings. The molecular weight excluding hydrogens is 496 g/mol. The van der Waals surface area contributed by atoms with Gasteiger partial charge >= 0.3 is 12.4 Å². The summed E-state index contributed by atoms with van der Waals surface area (Å²) in [6, 6.07) is 9.23. The molecule has 0 radical (unpaired) electrons. The Morgan fingerprint density at radius 2 is 1.57 bits per heavy atom. The molecule has 0 unspecified atom stereocenters. The number of amidine groups is 1. The van der Waals surface area contributed by atoms with Crippen LogP contribution in [0, 0.1) is 5.41 Å². The summed E-state index contributed by atoms with van der Waals surface area (Å²) in [6.07, 6.45) is -6.85. The van der Waals surface area contributed by atoms with E-state index in [1.165, 1.54) is 0 Å². The van der Waals surface area contributed by atoms with Crippen LogP contribution in [0.2, 0.25) is 0 Å². The quantitative estimate of drug-likeness (QED) is 0.188. The molecule has 0 atom stereocenters. The number of hydrogen-bond donors (Lipinski definition) is 4. The van der Waals surface area contributed by atoms with Crippen LogP contribution >= 0.6 is 0 Å². The SMILES string of the molecule is C=C(Nc1ccccc1C(=N)N(C)C)NC1CCC(NCc2ccc(C(F)(F)F)cc2C(F)(F)F)CC1. The van der Waals surface area contributed by atoms with Crippen LogP contribution in [0.3, 0.4) is 0 Å². The summed E-state index contributed by atoms with van der Waals surface area (Å²) in [5, 5.41) is 17.9. The van der Waals surface area contributed by atoms with Gasteiger partial charge in [-0.05, 0) is 55.5 Å². The molecule has 4 N–H and O–H groups in total. The lowest BCUT2D eigenvalue weighted by Gasteiger charge is -2.31. The van der Waals surface area contributed by atoms with E-state index in [0.717, 1.165) is 30.2 Å². The van der Waals surface area contributed by atoms with Crippen LogP contribution in [0.5, 0.6) is 0 Å². The van der Waals surface area contributed by atoms with E-state index in [-0.39, 0.29) is 30.3 Å².